The highest BCUT2D eigenvalue weighted by molar-refractivity contribution is 5.83. The molecule has 0 N–H and O–H groups in total. The summed E-state index contributed by atoms with van der Waals surface area (Å²) in [7, 11) is 0. The lowest BCUT2D eigenvalue weighted by Crippen LogP contribution is -1.93. The third-order valence-electron chi connectivity index (χ3n) is 4.75. The van der Waals surface area contributed by atoms with E-state index < -0.39 is 0 Å². The van der Waals surface area contributed by atoms with E-state index >= 15 is 0 Å². The number of imidazole rings is 1. The average molecular weight is 362 g/mol. The van der Waals surface area contributed by atoms with Crippen molar-refractivity contribution < 1.29 is 4.52 Å². The van der Waals surface area contributed by atoms with Crippen LogP contribution in [0.1, 0.15) is 5.56 Å². The lowest BCUT2D eigenvalue weighted by Gasteiger charge is -2.09. The maximum absolute atomic E-state index is 9.40. The minimum atomic E-state index is 0.659. The van der Waals surface area contributed by atoms with Crippen LogP contribution in [0.25, 0.3) is 39.2 Å². The average Bonchev–Trinajstić information content (AvgIpc) is 3.43. The predicted molar refractivity (Wildman–Crippen MR) is 107 cm³/mol. The Morgan fingerprint density at radius 2 is 1.82 bits per heavy atom. The monoisotopic (exact) mass is 362 g/mol. The number of benzene rings is 3. The van der Waals surface area contributed by atoms with Gasteiger partial charge in [-0.05, 0) is 47.5 Å². The standard InChI is InChI=1S/C23H14N4O/c24-14-18-4-1-2-7-20(18)16-5-3-6-19(12-16)27-15-25-21-13-17(8-9-22(21)27)23-10-11-26-28-23/h1-13,15H. The molecule has 5 aromatic rings. The molecule has 0 radical (unpaired) electrons. The summed E-state index contributed by atoms with van der Waals surface area (Å²) < 4.78 is 7.28. The molecule has 0 amide bonds. The zero-order valence-electron chi connectivity index (χ0n) is 14.8. The molecule has 0 saturated heterocycles. The number of aromatic nitrogens is 3. The zero-order valence-corrected chi connectivity index (χ0v) is 14.8. The van der Waals surface area contributed by atoms with Gasteiger partial charge in [0.05, 0.1) is 28.9 Å². The molecule has 5 heteroatoms. The number of hydrogen-bond acceptors (Lipinski definition) is 4. The Bertz CT molecular complexity index is 1330. The normalized spacial score (nSPS) is 10.8. The van der Waals surface area contributed by atoms with Crippen LogP contribution in [0.4, 0.5) is 0 Å². The molecule has 5 nitrogen and oxygen atoms in total. The van der Waals surface area contributed by atoms with E-state index in [0.717, 1.165) is 33.4 Å². The summed E-state index contributed by atoms with van der Waals surface area (Å²) in [5, 5.41) is 13.2. The first-order valence-electron chi connectivity index (χ1n) is 8.81. The molecule has 0 bridgehead atoms. The smallest absolute Gasteiger partial charge is 0.166 e. The maximum Gasteiger partial charge on any atom is 0.166 e. The van der Waals surface area contributed by atoms with E-state index in [9.17, 15) is 5.26 Å². The second kappa shape index (κ2) is 6.53. The fourth-order valence-electron chi connectivity index (χ4n) is 3.39. The van der Waals surface area contributed by atoms with Crippen LogP contribution in [-0.2, 0) is 0 Å². The zero-order chi connectivity index (χ0) is 18.9. The lowest BCUT2D eigenvalue weighted by molar-refractivity contribution is 0.432. The van der Waals surface area contributed by atoms with Gasteiger partial charge in [-0.3, -0.25) is 4.57 Å². The summed E-state index contributed by atoms with van der Waals surface area (Å²) in [4.78, 5) is 4.55. The van der Waals surface area contributed by atoms with Gasteiger partial charge in [-0.25, -0.2) is 4.98 Å². The molecule has 0 fully saturated rings. The minimum Gasteiger partial charge on any atom is -0.356 e. The van der Waals surface area contributed by atoms with Gasteiger partial charge in [0.1, 0.15) is 6.33 Å². The van der Waals surface area contributed by atoms with E-state index in [1.165, 1.54) is 0 Å². The van der Waals surface area contributed by atoms with Crippen LogP contribution in [0.15, 0.2) is 89.8 Å². The van der Waals surface area contributed by atoms with E-state index in [2.05, 4.69) is 22.3 Å². The van der Waals surface area contributed by atoms with Crippen LogP contribution in [-0.4, -0.2) is 14.7 Å². The molecule has 0 spiro atoms. The molecule has 28 heavy (non-hydrogen) atoms. The number of hydrogen-bond donors (Lipinski definition) is 0. The van der Waals surface area contributed by atoms with Crippen LogP contribution in [0, 0.1) is 11.3 Å². The van der Waals surface area contributed by atoms with Crippen LogP contribution in [0.3, 0.4) is 0 Å². The molecular weight excluding hydrogens is 348 g/mol. The topological polar surface area (TPSA) is 67.6 Å². The van der Waals surface area contributed by atoms with Crippen molar-refractivity contribution in [3.05, 3.63) is 90.9 Å². The Kier molecular flexibility index (Phi) is 3.74. The molecule has 2 aromatic heterocycles. The van der Waals surface area contributed by atoms with Crippen LogP contribution in [0.2, 0.25) is 0 Å². The first-order chi connectivity index (χ1) is 13.8. The second-order valence-electron chi connectivity index (χ2n) is 6.40. The Balaban J connectivity index is 1.60. The fraction of sp³-hybridized carbons (Fsp3) is 0. The Labute approximate surface area is 161 Å². The molecule has 0 atom stereocenters. The van der Waals surface area contributed by atoms with Crippen molar-refractivity contribution in [1.82, 2.24) is 14.7 Å². The van der Waals surface area contributed by atoms with Crippen molar-refractivity contribution in [3.63, 3.8) is 0 Å². The highest BCUT2D eigenvalue weighted by atomic mass is 16.5. The summed E-state index contributed by atoms with van der Waals surface area (Å²) in [6.45, 7) is 0. The molecule has 0 aliphatic rings. The van der Waals surface area contributed by atoms with Gasteiger partial charge in [0, 0.05) is 17.3 Å². The number of nitrogens with zero attached hydrogens (tertiary/aromatic N) is 4. The van der Waals surface area contributed by atoms with Crippen LogP contribution >= 0.6 is 0 Å². The number of rotatable bonds is 3. The Hall–Kier alpha value is -4.17. The second-order valence-corrected chi connectivity index (χ2v) is 6.40. The van der Waals surface area contributed by atoms with E-state index in [4.69, 9.17) is 4.52 Å². The van der Waals surface area contributed by atoms with E-state index in [1.807, 2.05) is 77.6 Å². The van der Waals surface area contributed by atoms with Crippen molar-refractivity contribution in [2.24, 2.45) is 0 Å². The van der Waals surface area contributed by atoms with Gasteiger partial charge in [-0.1, -0.05) is 35.5 Å². The van der Waals surface area contributed by atoms with Crippen molar-refractivity contribution >= 4 is 11.0 Å². The van der Waals surface area contributed by atoms with Gasteiger partial charge >= 0.3 is 0 Å². The van der Waals surface area contributed by atoms with Gasteiger partial charge in [0.15, 0.2) is 5.76 Å². The van der Waals surface area contributed by atoms with Gasteiger partial charge in [0.25, 0.3) is 0 Å². The molecular formula is C23H14N4O. The van der Waals surface area contributed by atoms with Gasteiger partial charge in [0.2, 0.25) is 0 Å². The van der Waals surface area contributed by atoms with Gasteiger partial charge < -0.3 is 4.52 Å². The van der Waals surface area contributed by atoms with E-state index in [1.54, 1.807) is 6.20 Å². The van der Waals surface area contributed by atoms with Crippen molar-refractivity contribution in [1.29, 1.82) is 5.26 Å². The van der Waals surface area contributed by atoms with Crippen LogP contribution < -0.4 is 0 Å². The fourth-order valence-corrected chi connectivity index (χ4v) is 3.39. The molecule has 5 rings (SSSR count). The van der Waals surface area contributed by atoms with Crippen molar-refractivity contribution in [2.45, 2.75) is 0 Å². The Morgan fingerprint density at radius 3 is 2.68 bits per heavy atom. The van der Waals surface area contributed by atoms with E-state index in [-0.39, 0.29) is 0 Å². The minimum absolute atomic E-state index is 0.659. The van der Waals surface area contributed by atoms with E-state index in [0.29, 0.717) is 11.3 Å². The SMILES string of the molecule is N#Cc1ccccc1-c1cccc(-n2cnc3cc(-c4ccno4)ccc32)c1. The number of nitriles is 1. The quantitative estimate of drug-likeness (QED) is 0.441. The largest absolute Gasteiger partial charge is 0.356 e. The molecule has 0 aliphatic carbocycles. The summed E-state index contributed by atoms with van der Waals surface area (Å²) in [6, 6.07) is 25.8. The summed E-state index contributed by atoms with van der Waals surface area (Å²) in [5.41, 5.74) is 6.36. The summed E-state index contributed by atoms with van der Waals surface area (Å²) in [5.74, 6) is 0.714. The highest BCUT2D eigenvalue weighted by Crippen LogP contribution is 2.28. The lowest BCUT2D eigenvalue weighted by atomic mass is 10.00. The molecule has 0 unspecified atom stereocenters. The predicted octanol–water partition coefficient (Wildman–Crippen LogP) is 5.22. The molecule has 0 saturated carbocycles. The van der Waals surface area contributed by atoms with Gasteiger partial charge in [-0.2, -0.15) is 5.26 Å². The Morgan fingerprint density at radius 1 is 0.893 bits per heavy atom. The molecule has 3 aromatic carbocycles. The van der Waals surface area contributed by atoms with Crippen molar-refractivity contribution in [3.8, 4) is 34.2 Å². The molecule has 132 valence electrons. The first-order valence-corrected chi connectivity index (χ1v) is 8.81. The van der Waals surface area contributed by atoms with Crippen molar-refractivity contribution in [2.75, 3.05) is 0 Å². The first kappa shape index (κ1) is 16.0. The van der Waals surface area contributed by atoms with Crippen LogP contribution in [0.5, 0.6) is 0 Å². The third-order valence-corrected chi connectivity index (χ3v) is 4.75. The molecule has 2 heterocycles. The maximum atomic E-state index is 9.40. The van der Waals surface area contributed by atoms with Gasteiger partial charge in [-0.15, -0.1) is 0 Å². The highest BCUT2D eigenvalue weighted by Gasteiger charge is 2.10. The summed E-state index contributed by atoms with van der Waals surface area (Å²) in [6.07, 6.45) is 3.44. The summed E-state index contributed by atoms with van der Waals surface area (Å²) >= 11 is 0. The third kappa shape index (κ3) is 2.65. The number of fused-ring (bicyclic) bond motifs is 1. The molecule has 0 aliphatic heterocycles.